The van der Waals surface area contributed by atoms with Crippen LogP contribution in [0, 0.1) is 0 Å². The number of carbonyl (C=O) groups is 2. The summed E-state index contributed by atoms with van der Waals surface area (Å²) in [5.41, 5.74) is 6.28. The Morgan fingerprint density at radius 2 is 1.74 bits per heavy atom. The van der Waals surface area contributed by atoms with E-state index >= 15 is 0 Å². The van der Waals surface area contributed by atoms with Crippen molar-refractivity contribution in [3.8, 4) is 11.1 Å². The van der Waals surface area contributed by atoms with Gasteiger partial charge in [-0.1, -0.05) is 80.6 Å². The monoisotopic (exact) mass is 574 g/mol. The third-order valence-electron chi connectivity index (χ3n) is 8.55. The molecule has 1 aliphatic carbocycles. The molecule has 2 heterocycles. The third kappa shape index (κ3) is 6.26. The summed E-state index contributed by atoms with van der Waals surface area (Å²) in [6.45, 7) is 6.31. The molecular formula is C36H38N4O3. The van der Waals surface area contributed by atoms with Crippen molar-refractivity contribution < 1.29 is 14.3 Å². The van der Waals surface area contributed by atoms with E-state index in [-0.39, 0.29) is 23.6 Å². The lowest BCUT2D eigenvalue weighted by atomic mass is 9.95. The van der Waals surface area contributed by atoms with Crippen molar-refractivity contribution in [3.05, 3.63) is 114 Å². The molecule has 1 unspecified atom stereocenters. The Hall–Kier alpha value is -4.65. The van der Waals surface area contributed by atoms with Crippen molar-refractivity contribution in [1.82, 2.24) is 15.2 Å². The Bertz CT molecular complexity index is 1600. The first-order valence-electron chi connectivity index (χ1n) is 15.0. The lowest BCUT2D eigenvalue weighted by Gasteiger charge is -2.28. The van der Waals surface area contributed by atoms with Crippen molar-refractivity contribution in [2.75, 3.05) is 11.9 Å². The summed E-state index contributed by atoms with van der Waals surface area (Å²) in [4.78, 5) is 31.8. The largest absolute Gasteiger partial charge is 0.442 e. The molecule has 1 saturated carbocycles. The first-order chi connectivity index (χ1) is 20.8. The topological polar surface area (TPSA) is 83.6 Å². The SMILES string of the molecule is CC(=O)N[C@@H](Cc1ccc(Nc2cc(-c3ccccc3)ccn2)cc1)C1CN(C2(c3cccc(C(C)C)c3)CC2)C(=O)O1. The van der Waals surface area contributed by atoms with E-state index in [2.05, 4.69) is 65.9 Å². The van der Waals surface area contributed by atoms with Crippen molar-refractivity contribution in [1.29, 1.82) is 0 Å². The van der Waals surface area contributed by atoms with Gasteiger partial charge in [-0.3, -0.25) is 9.69 Å². The Morgan fingerprint density at radius 3 is 2.44 bits per heavy atom. The van der Waals surface area contributed by atoms with E-state index in [0.717, 1.165) is 41.0 Å². The quantitative estimate of drug-likeness (QED) is 0.210. The molecule has 1 aliphatic heterocycles. The van der Waals surface area contributed by atoms with Gasteiger partial charge in [-0.25, -0.2) is 9.78 Å². The van der Waals surface area contributed by atoms with Gasteiger partial charge in [0.2, 0.25) is 5.91 Å². The maximum atomic E-state index is 13.2. The average molecular weight is 575 g/mol. The van der Waals surface area contributed by atoms with Crippen LogP contribution in [0.4, 0.5) is 16.3 Å². The molecule has 0 radical (unpaired) electrons. The van der Waals surface area contributed by atoms with E-state index in [0.29, 0.717) is 18.9 Å². The second-order valence-electron chi connectivity index (χ2n) is 12.0. The number of aromatic nitrogens is 1. The van der Waals surface area contributed by atoms with Gasteiger partial charge in [0.15, 0.2) is 0 Å². The molecule has 0 bridgehead atoms. The highest BCUT2D eigenvalue weighted by Crippen LogP contribution is 2.53. The van der Waals surface area contributed by atoms with Gasteiger partial charge < -0.3 is 15.4 Å². The van der Waals surface area contributed by atoms with Crippen molar-refractivity contribution >= 4 is 23.5 Å². The van der Waals surface area contributed by atoms with Crippen LogP contribution in [0.3, 0.4) is 0 Å². The fraction of sp³-hybridized carbons (Fsp3) is 0.306. The van der Waals surface area contributed by atoms with Gasteiger partial charge in [0.1, 0.15) is 11.9 Å². The maximum absolute atomic E-state index is 13.2. The Morgan fingerprint density at radius 1 is 0.977 bits per heavy atom. The number of anilines is 2. The highest BCUT2D eigenvalue weighted by Gasteiger charge is 2.56. The highest BCUT2D eigenvalue weighted by atomic mass is 16.6. The van der Waals surface area contributed by atoms with E-state index in [4.69, 9.17) is 4.74 Å². The fourth-order valence-electron chi connectivity index (χ4n) is 6.04. The van der Waals surface area contributed by atoms with Crippen LogP contribution < -0.4 is 10.6 Å². The summed E-state index contributed by atoms with van der Waals surface area (Å²) in [6, 6.07) is 30.5. The van der Waals surface area contributed by atoms with Crippen LogP contribution in [-0.4, -0.2) is 40.6 Å². The summed E-state index contributed by atoms with van der Waals surface area (Å²) >= 11 is 0. The first kappa shape index (κ1) is 28.5. The van der Waals surface area contributed by atoms with Gasteiger partial charge in [0.25, 0.3) is 0 Å². The number of nitrogens with zero attached hydrogens (tertiary/aromatic N) is 2. The molecule has 7 heteroatoms. The van der Waals surface area contributed by atoms with Crippen LogP contribution in [0.25, 0.3) is 11.1 Å². The molecule has 1 aromatic heterocycles. The smallest absolute Gasteiger partial charge is 0.411 e. The van der Waals surface area contributed by atoms with Gasteiger partial charge in [0.05, 0.1) is 18.1 Å². The molecular weight excluding hydrogens is 536 g/mol. The standard InChI is InChI=1S/C36H38N4O3/c1-24(2)28-10-7-11-30(21-28)36(17-18-36)40-23-33(43-35(40)42)32(38-25(3)41)20-26-12-14-31(15-13-26)39-34-22-29(16-19-37-34)27-8-5-4-6-9-27/h4-16,19,21-22,24,32-33H,17-18,20,23H2,1-3H3,(H,37,39)(H,38,41)/t32-,33?/m0/s1. The zero-order valence-electron chi connectivity index (χ0n) is 24.9. The zero-order valence-corrected chi connectivity index (χ0v) is 24.9. The second kappa shape index (κ2) is 11.9. The van der Waals surface area contributed by atoms with Crippen LogP contribution in [0.15, 0.2) is 97.2 Å². The minimum atomic E-state index is -0.440. The minimum absolute atomic E-state index is 0.145. The van der Waals surface area contributed by atoms with E-state index in [9.17, 15) is 9.59 Å². The highest BCUT2D eigenvalue weighted by molar-refractivity contribution is 5.75. The number of hydrogen-bond donors (Lipinski definition) is 2. The first-order valence-corrected chi connectivity index (χ1v) is 15.0. The summed E-state index contributed by atoms with van der Waals surface area (Å²) < 4.78 is 5.94. The maximum Gasteiger partial charge on any atom is 0.411 e. The van der Waals surface area contributed by atoms with Gasteiger partial charge >= 0.3 is 6.09 Å². The van der Waals surface area contributed by atoms with E-state index < -0.39 is 6.10 Å². The van der Waals surface area contributed by atoms with Gasteiger partial charge in [-0.15, -0.1) is 0 Å². The number of cyclic esters (lactones) is 1. The normalized spacial score (nSPS) is 17.8. The van der Waals surface area contributed by atoms with Crippen LogP contribution in [-0.2, 0) is 21.5 Å². The van der Waals surface area contributed by atoms with Crippen molar-refractivity contribution in [2.24, 2.45) is 0 Å². The number of nitrogens with one attached hydrogen (secondary N) is 2. The van der Waals surface area contributed by atoms with Gasteiger partial charge in [-0.2, -0.15) is 0 Å². The van der Waals surface area contributed by atoms with Gasteiger partial charge in [0, 0.05) is 18.8 Å². The lowest BCUT2D eigenvalue weighted by molar-refractivity contribution is -0.120. The number of rotatable bonds is 10. The van der Waals surface area contributed by atoms with Gasteiger partial charge in [-0.05, 0) is 77.3 Å². The van der Waals surface area contributed by atoms with Crippen LogP contribution >= 0.6 is 0 Å². The van der Waals surface area contributed by atoms with Crippen molar-refractivity contribution in [3.63, 3.8) is 0 Å². The van der Waals surface area contributed by atoms with E-state index in [1.165, 1.54) is 18.1 Å². The molecule has 6 rings (SSSR count). The third-order valence-corrected chi connectivity index (χ3v) is 8.55. The van der Waals surface area contributed by atoms with Crippen LogP contribution in [0.2, 0.25) is 0 Å². The molecule has 0 spiro atoms. The van der Waals surface area contributed by atoms with E-state index in [1.807, 2.05) is 59.5 Å². The summed E-state index contributed by atoms with van der Waals surface area (Å²) in [5.74, 6) is 1.03. The van der Waals surface area contributed by atoms with Crippen LogP contribution in [0.5, 0.6) is 0 Å². The molecule has 2 atom stereocenters. The van der Waals surface area contributed by atoms with Crippen molar-refractivity contribution in [2.45, 2.75) is 63.6 Å². The zero-order chi connectivity index (χ0) is 30.0. The number of ether oxygens (including phenoxy) is 1. The Labute approximate surface area is 253 Å². The number of hydrogen-bond acceptors (Lipinski definition) is 5. The Balaban J connectivity index is 1.14. The molecule has 3 aromatic carbocycles. The second-order valence-corrected chi connectivity index (χ2v) is 12.0. The predicted octanol–water partition coefficient (Wildman–Crippen LogP) is 7.17. The molecule has 2 aliphatic rings. The van der Waals surface area contributed by atoms with Crippen LogP contribution in [0.1, 0.15) is 56.2 Å². The lowest BCUT2D eigenvalue weighted by Crippen LogP contribution is -2.46. The summed E-state index contributed by atoms with van der Waals surface area (Å²) in [7, 11) is 0. The predicted molar refractivity (Wildman–Crippen MR) is 169 cm³/mol. The minimum Gasteiger partial charge on any atom is -0.442 e. The molecule has 7 nitrogen and oxygen atoms in total. The van der Waals surface area contributed by atoms with E-state index in [1.54, 1.807) is 6.20 Å². The molecule has 2 amide bonds. The molecule has 220 valence electrons. The average Bonchev–Trinajstić information content (AvgIpc) is 3.73. The molecule has 4 aromatic rings. The summed E-state index contributed by atoms with van der Waals surface area (Å²) in [5, 5.41) is 6.44. The number of benzene rings is 3. The summed E-state index contributed by atoms with van der Waals surface area (Å²) in [6.07, 6.45) is 3.43. The number of amides is 2. The molecule has 1 saturated heterocycles. The fourth-order valence-corrected chi connectivity index (χ4v) is 6.04. The Kier molecular flexibility index (Phi) is 7.89. The number of pyridine rings is 1. The molecule has 43 heavy (non-hydrogen) atoms. The molecule has 2 fully saturated rings. The molecule has 2 N–H and O–H groups in total. The number of carbonyl (C=O) groups excluding carboxylic acids is 2.